The number of aliphatic hydroxyl groups is 1. The third kappa shape index (κ3) is 4.32. The van der Waals surface area contributed by atoms with Crippen molar-refractivity contribution in [1.29, 1.82) is 5.41 Å². The Morgan fingerprint density at radius 3 is 2.10 bits per heavy atom. The van der Waals surface area contributed by atoms with E-state index in [9.17, 15) is 13.9 Å². The number of halogens is 2. The van der Waals surface area contributed by atoms with Gasteiger partial charge in [-0.1, -0.05) is 26.5 Å². The van der Waals surface area contributed by atoms with Crippen LogP contribution in [0.1, 0.15) is 34.6 Å². The minimum absolute atomic E-state index is 0.0130. The van der Waals surface area contributed by atoms with Crippen molar-refractivity contribution in [3.05, 3.63) is 35.7 Å². The predicted molar refractivity (Wildman–Crippen MR) is 83.8 cm³/mol. The van der Waals surface area contributed by atoms with Crippen molar-refractivity contribution in [1.82, 2.24) is 0 Å². The molecule has 4 N–H and O–H groups in total. The van der Waals surface area contributed by atoms with E-state index in [0.29, 0.717) is 5.57 Å². The lowest BCUT2D eigenvalue weighted by atomic mass is 9.77. The average molecular weight is 300 g/mol. The van der Waals surface area contributed by atoms with E-state index >= 15 is 0 Å². The molecule has 0 rings (SSSR count). The number of rotatable bonds is 7. The van der Waals surface area contributed by atoms with Crippen molar-refractivity contribution < 1.29 is 13.9 Å². The van der Waals surface area contributed by atoms with Crippen LogP contribution in [0.2, 0.25) is 0 Å². The summed E-state index contributed by atoms with van der Waals surface area (Å²) in [4.78, 5) is 0. The van der Waals surface area contributed by atoms with Crippen LogP contribution in [0.25, 0.3) is 0 Å². The SMILES string of the molecule is C=C/C(=C\C(F)=C(C)C)C(=N)[C@H](F)C(O)(C(C)C)C(C)N. The predicted octanol–water partition coefficient (Wildman–Crippen LogP) is 3.45. The Labute approximate surface area is 125 Å². The third-order valence-electron chi connectivity index (χ3n) is 3.60. The normalized spacial score (nSPS) is 17.9. The smallest absolute Gasteiger partial charge is 0.172 e. The van der Waals surface area contributed by atoms with E-state index in [1.807, 2.05) is 0 Å². The summed E-state index contributed by atoms with van der Waals surface area (Å²) in [6, 6.07) is -0.882. The van der Waals surface area contributed by atoms with Crippen LogP contribution >= 0.6 is 0 Å². The molecule has 0 saturated heterocycles. The summed E-state index contributed by atoms with van der Waals surface area (Å²) in [5.41, 5.74) is 3.64. The Kier molecular flexibility index (Phi) is 7.13. The molecule has 0 spiro atoms. The number of nitrogens with two attached hydrogens (primary N) is 1. The van der Waals surface area contributed by atoms with Gasteiger partial charge in [0.05, 0.1) is 5.71 Å². The van der Waals surface area contributed by atoms with Crippen molar-refractivity contribution >= 4 is 5.71 Å². The first kappa shape index (κ1) is 19.7. The van der Waals surface area contributed by atoms with E-state index in [4.69, 9.17) is 11.1 Å². The lowest BCUT2D eigenvalue weighted by Crippen LogP contribution is -2.59. The maximum Gasteiger partial charge on any atom is 0.172 e. The van der Waals surface area contributed by atoms with E-state index in [-0.39, 0.29) is 5.57 Å². The molecule has 0 aliphatic rings. The largest absolute Gasteiger partial charge is 0.385 e. The van der Waals surface area contributed by atoms with E-state index in [0.717, 1.165) is 6.08 Å². The van der Waals surface area contributed by atoms with Crippen LogP contribution in [0.4, 0.5) is 8.78 Å². The highest BCUT2D eigenvalue weighted by atomic mass is 19.1. The van der Waals surface area contributed by atoms with Crippen LogP contribution in [-0.2, 0) is 0 Å². The maximum atomic E-state index is 14.7. The Morgan fingerprint density at radius 1 is 1.33 bits per heavy atom. The van der Waals surface area contributed by atoms with Gasteiger partial charge in [-0.25, -0.2) is 8.78 Å². The van der Waals surface area contributed by atoms with Crippen LogP contribution in [0, 0.1) is 11.3 Å². The Bertz CT molecular complexity index is 453. The second-order valence-electron chi connectivity index (χ2n) is 5.76. The van der Waals surface area contributed by atoms with Gasteiger partial charge in [0.25, 0.3) is 0 Å². The van der Waals surface area contributed by atoms with Gasteiger partial charge < -0.3 is 16.2 Å². The molecule has 0 aromatic carbocycles. The molecule has 3 nitrogen and oxygen atoms in total. The molecule has 0 bridgehead atoms. The van der Waals surface area contributed by atoms with Crippen molar-refractivity contribution in [3.8, 4) is 0 Å². The van der Waals surface area contributed by atoms with E-state index in [1.165, 1.54) is 13.0 Å². The van der Waals surface area contributed by atoms with E-state index in [1.54, 1.807) is 27.7 Å². The lowest BCUT2D eigenvalue weighted by molar-refractivity contribution is -0.0634. The zero-order valence-corrected chi connectivity index (χ0v) is 13.4. The summed E-state index contributed by atoms with van der Waals surface area (Å²) in [5.74, 6) is -1.07. The number of nitrogens with one attached hydrogen (secondary N) is 1. The van der Waals surface area contributed by atoms with Gasteiger partial charge in [0.2, 0.25) is 0 Å². The van der Waals surface area contributed by atoms with E-state index in [2.05, 4.69) is 6.58 Å². The Hall–Kier alpha value is -1.33. The first-order valence-corrected chi connectivity index (χ1v) is 6.88. The second-order valence-corrected chi connectivity index (χ2v) is 5.76. The van der Waals surface area contributed by atoms with Gasteiger partial charge >= 0.3 is 0 Å². The fourth-order valence-corrected chi connectivity index (χ4v) is 1.95. The van der Waals surface area contributed by atoms with Gasteiger partial charge in [0.1, 0.15) is 11.4 Å². The Balaban J connectivity index is 5.69. The molecule has 120 valence electrons. The molecule has 0 saturated carbocycles. The molecule has 0 aromatic heterocycles. The average Bonchev–Trinajstić information content (AvgIpc) is 2.40. The molecule has 0 heterocycles. The van der Waals surface area contributed by atoms with Crippen LogP contribution in [0.3, 0.4) is 0 Å². The molecule has 0 aliphatic carbocycles. The summed E-state index contributed by atoms with van der Waals surface area (Å²) in [6.45, 7) is 11.3. The van der Waals surface area contributed by atoms with Crippen LogP contribution < -0.4 is 5.73 Å². The highest BCUT2D eigenvalue weighted by molar-refractivity contribution is 6.04. The fourth-order valence-electron chi connectivity index (χ4n) is 1.95. The molecule has 0 amide bonds. The second kappa shape index (κ2) is 7.61. The highest BCUT2D eigenvalue weighted by Crippen LogP contribution is 2.29. The minimum Gasteiger partial charge on any atom is -0.385 e. The zero-order chi connectivity index (χ0) is 17.0. The first-order valence-electron chi connectivity index (χ1n) is 6.88. The van der Waals surface area contributed by atoms with Gasteiger partial charge in [-0.05, 0) is 38.3 Å². The zero-order valence-electron chi connectivity index (χ0n) is 13.4. The summed E-state index contributed by atoms with van der Waals surface area (Å²) >= 11 is 0. The molecule has 2 unspecified atom stereocenters. The van der Waals surface area contributed by atoms with Gasteiger partial charge in [-0.3, -0.25) is 0 Å². The van der Waals surface area contributed by atoms with Gasteiger partial charge in [-0.2, -0.15) is 0 Å². The quantitative estimate of drug-likeness (QED) is 0.498. The first-order chi connectivity index (χ1) is 9.49. The van der Waals surface area contributed by atoms with Crippen molar-refractivity contribution in [3.63, 3.8) is 0 Å². The molecule has 0 aliphatic heterocycles. The topological polar surface area (TPSA) is 70.1 Å². The van der Waals surface area contributed by atoms with Gasteiger partial charge in [0, 0.05) is 11.6 Å². The maximum absolute atomic E-state index is 14.7. The van der Waals surface area contributed by atoms with Crippen molar-refractivity contribution in [2.75, 3.05) is 0 Å². The molecule has 0 aromatic rings. The molecule has 5 heteroatoms. The molecule has 0 fully saturated rings. The number of hydrogen-bond acceptors (Lipinski definition) is 3. The number of allylic oxidation sites excluding steroid dienone is 5. The third-order valence-corrected chi connectivity index (χ3v) is 3.60. The molecule has 0 radical (unpaired) electrons. The number of alkyl halides is 1. The van der Waals surface area contributed by atoms with Crippen molar-refractivity contribution in [2.24, 2.45) is 11.7 Å². The van der Waals surface area contributed by atoms with Crippen LogP contribution in [0.15, 0.2) is 35.7 Å². The minimum atomic E-state index is -2.04. The summed E-state index contributed by atoms with van der Waals surface area (Å²) in [5, 5.41) is 18.4. The standard InChI is InChI=1S/C16H26F2N2O/c1-7-12(8-13(17)9(2)3)14(20)15(18)16(21,10(4)5)11(6)19/h7-8,10-11,15,20-21H,1,19H2,2-6H3/b12-8+,20-14?/t11?,15-,16?/m0/s1. The Morgan fingerprint density at radius 2 is 1.81 bits per heavy atom. The summed E-state index contributed by atoms with van der Waals surface area (Å²) in [7, 11) is 0. The molecule has 3 atom stereocenters. The van der Waals surface area contributed by atoms with Gasteiger partial charge in [0.15, 0.2) is 6.17 Å². The highest BCUT2D eigenvalue weighted by Gasteiger charge is 2.46. The summed E-state index contributed by atoms with van der Waals surface area (Å²) < 4.78 is 28.3. The lowest BCUT2D eigenvalue weighted by Gasteiger charge is -2.38. The monoisotopic (exact) mass is 300 g/mol. The molecule has 21 heavy (non-hydrogen) atoms. The number of hydrogen-bond donors (Lipinski definition) is 3. The van der Waals surface area contributed by atoms with E-state index < -0.39 is 35.3 Å². The van der Waals surface area contributed by atoms with Gasteiger partial charge in [-0.15, -0.1) is 0 Å². The molecular formula is C16H26F2N2O. The fraction of sp³-hybridized carbons (Fsp3) is 0.562. The van der Waals surface area contributed by atoms with Crippen LogP contribution in [0.5, 0.6) is 0 Å². The summed E-state index contributed by atoms with van der Waals surface area (Å²) in [6.07, 6.45) is 0.199. The van der Waals surface area contributed by atoms with Crippen molar-refractivity contribution in [2.45, 2.75) is 52.4 Å². The van der Waals surface area contributed by atoms with Crippen LogP contribution in [-0.4, -0.2) is 28.6 Å². The molecular weight excluding hydrogens is 274 g/mol.